The first-order valence-corrected chi connectivity index (χ1v) is 8.01. The predicted octanol–water partition coefficient (Wildman–Crippen LogP) is 3.84. The van der Waals surface area contributed by atoms with Crippen molar-refractivity contribution in [1.29, 1.82) is 0 Å². The van der Waals surface area contributed by atoms with Gasteiger partial charge in [0.15, 0.2) is 0 Å². The highest BCUT2D eigenvalue weighted by Crippen LogP contribution is 2.17. The Morgan fingerprint density at radius 2 is 2.00 bits per heavy atom. The number of ether oxygens (including phenoxy) is 1. The highest BCUT2D eigenvalue weighted by Gasteiger charge is 2.10. The average Bonchev–Trinajstić information content (AvgIpc) is 2.41. The molecule has 0 N–H and O–H groups in total. The van der Waals surface area contributed by atoms with Crippen LogP contribution in [0.15, 0.2) is 24.3 Å². The van der Waals surface area contributed by atoms with Gasteiger partial charge in [0.1, 0.15) is 5.75 Å². The molecule has 1 saturated heterocycles. The smallest absolute Gasteiger partial charge is 0.119 e. The van der Waals surface area contributed by atoms with E-state index in [0.29, 0.717) is 0 Å². The highest BCUT2D eigenvalue weighted by molar-refractivity contribution is 9.09. The molecule has 0 atom stereocenters. The van der Waals surface area contributed by atoms with Gasteiger partial charge in [0.25, 0.3) is 0 Å². The molecule has 0 aromatic heterocycles. The van der Waals surface area contributed by atoms with Crippen LogP contribution in [0.3, 0.4) is 0 Å². The van der Waals surface area contributed by atoms with Gasteiger partial charge in [-0.05, 0) is 50.0 Å². The fourth-order valence-corrected chi connectivity index (χ4v) is 2.58. The minimum atomic E-state index is 0.790. The molecule has 1 aromatic rings. The minimum absolute atomic E-state index is 0.790. The van der Waals surface area contributed by atoms with Crippen molar-refractivity contribution in [3.8, 4) is 5.75 Å². The topological polar surface area (TPSA) is 12.5 Å². The van der Waals surface area contributed by atoms with Crippen molar-refractivity contribution in [1.82, 2.24) is 4.90 Å². The van der Waals surface area contributed by atoms with Gasteiger partial charge in [-0.2, -0.15) is 0 Å². The fraction of sp³-hybridized carbons (Fsp3) is 0.600. The molecule has 3 heteroatoms. The van der Waals surface area contributed by atoms with E-state index in [1.165, 1.54) is 37.9 Å². The summed E-state index contributed by atoms with van der Waals surface area (Å²) in [4.78, 5) is 2.54. The van der Waals surface area contributed by atoms with Crippen LogP contribution in [0.2, 0.25) is 0 Å². The summed E-state index contributed by atoms with van der Waals surface area (Å²) in [6.07, 6.45) is 5.14. The van der Waals surface area contributed by atoms with Crippen LogP contribution in [0.5, 0.6) is 5.75 Å². The molecule has 0 spiro atoms. The third-order valence-electron chi connectivity index (χ3n) is 3.30. The maximum atomic E-state index is 5.73. The summed E-state index contributed by atoms with van der Waals surface area (Å²) in [5, 5.41) is 1.00. The minimum Gasteiger partial charge on any atom is -0.494 e. The van der Waals surface area contributed by atoms with Gasteiger partial charge in [0.2, 0.25) is 0 Å². The second-order valence-electron chi connectivity index (χ2n) is 4.88. The van der Waals surface area contributed by atoms with E-state index in [1.54, 1.807) is 0 Å². The summed E-state index contributed by atoms with van der Waals surface area (Å²) in [6, 6.07) is 8.53. The van der Waals surface area contributed by atoms with E-state index in [9.17, 15) is 0 Å². The number of piperidine rings is 1. The average molecular weight is 312 g/mol. The SMILES string of the molecule is BrCCCOc1cccc(CN2CCCCC2)c1. The molecule has 1 fully saturated rings. The lowest BCUT2D eigenvalue weighted by Gasteiger charge is -2.26. The van der Waals surface area contributed by atoms with Gasteiger partial charge in [-0.25, -0.2) is 0 Å². The van der Waals surface area contributed by atoms with E-state index < -0.39 is 0 Å². The molecular weight excluding hydrogens is 290 g/mol. The van der Waals surface area contributed by atoms with Crippen LogP contribution in [-0.4, -0.2) is 29.9 Å². The Morgan fingerprint density at radius 1 is 1.17 bits per heavy atom. The van der Waals surface area contributed by atoms with E-state index >= 15 is 0 Å². The molecule has 100 valence electrons. The third kappa shape index (κ3) is 4.62. The second-order valence-corrected chi connectivity index (χ2v) is 5.67. The summed E-state index contributed by atoms with van der Waals surface area (Å²) in [6.45, 7) is 4.34. The molecule has 2 nitrogen and oxygen atoms in total. The zero-order valence-corrected chi connectivity index (χ0v) is 12.5. The molecule has 0 aliphatic carbocycles. The monoisotopic (exact) mass is 311 g/mol. The molecule has 0 saturated carbocycles. The Kier molecular flexibility index (Phi) is 6.01. The molecule has 0 bridgehead atoms. The zero-order chi connectivity index (χ0) is 12.6. The number of hydrogen-bond donors (Lipinski definition) is 0. The highest BCUT2D eigenvalue weighted by atomic mass is 79.9. The van der Waals surface area contributed by atoms with Crippen molar-refractivity contribution in [2.45, 2.75) is 32.2 Å². The number of hydrogen-bond acceptors (Lipinski definition) is 2. The summed E-state index contributed by atoms with van der Waals surface area (Å²) < 4.78 is 5.73. The lowest BCUT2D eigenvalue weighted by Crippen LogP contribution is -2.29. The number of benzene rings is 1. The van der Waals surface area contributed by atoms with Crippen molar-refractivity contribution >= 4 is 15.9 Å². The van der Waals surface area contributed by atoms with Crippen molar-refractivity contribution in [3.63, 3.8) is 0 Å². The largest absolute Gasteiger partial charge is 0.494 e. The molecule has 2 rings (SSSR count). The molecule has 0 radical (unpaired) electrons. The van der Waals surface area contributed by atoms with Crippen LogP contribution < -0.4 is 4.74 Å². The first-order valence-electron chi connectivity index (χ1n) is 6.88. The lowest BCUT2D eigenvalue weighted by molar-refractivity contribution is 0.220. The van der Waals surface area contributed by atoms with Crippen molar-refractivity contribution < 1.29 is 4.74 Å². The Balaban J connectivity index is 1.85. The van der Waals surface area contributed by atoms with Crippen LogP contribution >= 0.6 is 15.9 Å². The number of likely N-dealkylation sites (tertiary alicyclic amines) is 1. The van der Waals surface area contributed by atoms with Gasteiger partial charge < -0.3 is 4.74 Å². The molecule has 1 aromatic carbocycles. The predicted molar refractivity (Wildman–Crippen MR) is 79.5 cm³/mol. The summed E-state index contributed by atoms with van der Waals surface area (Å²) in [5.41, 5.74) is 1.37. The van der Waals surface area contributed by atoms with Crippen LogP contribution in [0.4, 0.5) is 0 Å². The fourth-order valence-electron chi connectivity index (χ4n) is 2.35. The first kappa shape index (κ1) is 13.9. The molecule has 1 heterocycles. The summed E-state index contributed by atoms with van der Waals surface area (Å²) >= 11 is 3.42. The number of halogens is 1. The van der Waals surface area contributed by atoms with Gasteiger partial charge in [0.05, 0.1) is 6.61 Å². The van der Waals surface area contributed by atoms with Crippen molar-refractivity contribution in [2.75, 3.05) is 25.0 Å². The Hall–Kier alpha value is -0.540. The van der Waals surface area contributed by atoms with Gasteiger partial charge in [0, 0.05) is 11.9 Å². The maximum Gasteiger partial charge on any atom is 0.119 e. The quantitative estimate of drug-likeness (QED) is 0.584. The molecule has 0 amide bonds. The van der Waals surface area contributed by atoms with Gasteiger partial charge >= 0.3 is 0 Å². The third-order valence-corrected chi connectivity index (χ3v) is 3.86. The van der Waals surface area contributed by atoms with Gasteiger partial charge in [-0.3, -0.25) is 4.90 Å². The van der Waals surface area contributed by atoms with E-state index in [2.05, 4.69) is 39.0 Å². The van der Waals surface area contributed by atoms with Crippen molar-refractivity contribution in [2.24, 2.45) is 0 Å². The van der Waals surface area contributed by atoms with E-state index in [-0.39, 0.29) is 0 Å². The van der Waals surface area contributed by atoms with Crippen LogP contribution in [0, 0.1) is 0 Å². The normalized spacial score (nSPS) is 16.7. The summed E-state index contributed by atoms with van der Waals surface area (Å²) in [5.74, 6) is 1.01. The van der Waals surface area contributed by atoms with Gasteiger partial charge in [-0.15, -0.1) is 0 Å². The van der Waals surface area contributed by atoms with Crippen LogP contribution in [0.1, 0.15) is 31.2 Å². The van der Waals surface area contributed by atoms with Crippen LogP contribution in [0.25, 0.3) is 0 Å². The second kappa shape index (κ2) is 7.80. The van der Waals surface area contributed by atoms with E-state index in [1.807, 2.05) is 6.07 Å². The van der Waals surface area contributed by atoms with Crippen LogP contribution in [-0.2, 0) is 6.54 Å². The molecular formula is C15H22BrNO. The van der Waals surface area contributed by atoms with Crippen molar-refractivity contribution in [3.05, 3.63) is 29.8 Å². The molecule has 0 unspecified atom stereocenters. The molecule has 1 aliphatic heterocycles. The zero-order valence-electron chi connectivity index (χ0n) is 10.9. The lowest BCUT2D eigenvalue weighted by atomic mass is 10.1. The Morgan fingerprint density at radius 3 is 2.78 bits per heavy atom. The number of nitrogens with zero attached hydrogens (tertiary/aromatic N) is 1. The van der Waals surface area contributed by atoms with E-state index in [0.717, 1.165) is 30.7 Å². The maximum absolute atomic E-state index is 5.73. The number of rotatable bonds is 6. The van der Waals surface area contributed by atoms with Gasteiger partial charge in [-0.1, -0.05) is 34.5 Å². The molecule has 1 aliphatic rings. The standard InChI is InChI=1S/C15H22BrNO/c16-8-5-11-18-15-7-4-6-14(12-15)13-17-9-2-1-3-10-17/h4,6-7,12H,1-3,5,8-11,13H2. The Bertz CT molecular complexity index is 350. The summed E-state index contributed by atoms with van der Waals surface area (Å²) in [7, 11) is 0. The Labute approximate surface area is 118 Å². The molecule has 18 heavy (non-hydrogen) atoms. The number of alkyl halides is 1. The first-order chi connectivity index (χ1) is 8.88. The van der Waals surface area contributed by atoms with E-state index in [4.69, 9.17) is 4.74 Å².